The number of benzene rings is 1. The topological polar surface area (TPSA) is 80.5 Å². The van der Waals surface area contributed by atoms with Crippen LogP contribution in [0.3, 0.4) is 0 Å². The van der Waals surface area contributed by atoms with Crippen LogP contribution >= 0.6 is 0 Å². The van der Waals surface area contributed by atoms with Crippen molar-refractivity contribution in [1.82, 2.24) is 19.9 Å². The Labute approximate surface area is 104 Å². The Balaban J connectivity index is 2.26. The lowest BCUT2D eigenvalue weighted by Gasteiger charge is -2.04. The van der Waals surface area contributed by atoms with E-state index in [1.165, 1.54) is 17.5 Å². The minimum Gasteiger partial charge on any atom is -0.382 e. The van der Waals surface area contributed by atoms with Crippen LogP contribution in [0.15, 0.2) is 24.5 Å². The molecule has 2 heterocycles. The van der Waals surface area contributed by atoms with Gasteiger partial charge < -0.3 is 10.7 Å². The number of aromatic nitrogens is 4. The van der Waals surface area contributed by atoms with Crippen molar-refractivity contribution in [3.8, 4) is 11.4 Å². The molecule has 2 aromatic heterocycles. The first-order valence-corrected chi connectivity index (χ1v) is 5.69. The Morgan fingerprint density at radius 3 is 2.78 bits per heavy atom. The molecule has 0 saturated heterocycles. The van der Waals surface area contributed by atoms with Gasteiger partial charge in [-0.2, -0.15) is 0 Å². The molecule has 0 fully saturated rings. The number of H-pyrrole nitrogens is 1. The van der Waals surface area contributed by atoms with Crippen LogP contribution in [0.1, 0.15) is 11.1 Å². The van der Waals surface area contributed by atoms with Gasteiger partial charge in [0.2, 0.25) is 0 Å². The molecule has 1 aromatic carbocycles. The number of nitrogens with one attached hydrogen (secondary N) is 1. The number of nitrogen functional groups attached to an aromatic ring is 1. The first kappa shape index (κ1) is 10.7. The van der Waals surface area contributed by atoms with E-state index in [1.807, 2.05) is 12.1 Å². The summed E-state index contributed by atoms with van der Waals surface area (Å²) in [6, 6.07) is 6.12. The Morgan fingerprint density at radius 1 is 1.17 bits per heavy atom. The van der Waals surface area contributed by atoms with Gasteiger partial charge in [-0.3, -0.25) is 0 Å². The average Bonchev–Trinajstić information content (AvgIpc) is 2.78. The molecular weight excluding hydrogens is 226 g/mol. The normalized spacial score (nSPS) is 11.0. The summed E-state index contributed by atoms with van der Waals surface area (Å²) in [5.74, 6) is 1.20. The number of rotatable bonds is 1. The number of hydrogen-bond donors (Lipinski definition) is 2. The number of aromatic amines is 1. The first-order chi connectivity index (χ1) is 8.66. The summed E-state index contributed by atoms with van der Waals surface area (Å²) in [6.07, 6.45) is 1.42. The van der Waals surface area contributed by atoms with Crippen molar-refractivity contribution < 1.29 is 0 Å². The molecule has 5 nitrogen and oxygen atoms in total. The minimum atomic E-state index is 0.420. The van der Waals surface area contributed by atoms with E-state index in [9.17, 15) is 0 Å². The minimum absolute atomic E-state index is 0.420. The molecule has 0 aliphatic heterocycles. The molecule has 0 spiro atoms. The molecule has 90 valence electrons. The molecule has 3 rings (SSSR count). The van der Waals surface area contributed by atoms with Gasteiger partial charge in [0, 0.05) is 5.56 Å². The van der Waals surface area contributed by atoms with Crippen molar-refractivity contribution in [3.63, 3.8) is 0 Å². The van der Waals surface area contributed by atoms with Crippen LogP contribution < -0.4 is 5.73 Å². The van der Waals surface area contributed by atoms with Crippen molar-refractivity contribution in [2.24, 2.45) is 0 Å². The quantitative estimate of drug-likeness (QED) is 0.682. The summed E-state index contributed by atoms with van der Waals surface area (Å²) in [6.45, 7) is 4.16. The third-order valence-corrected chi connectivity index (χ3v) is 3.18. The molecule has 3 aromatic rings. The van der Waals surface area contributed by atoms with Crippen LogP contribution in [0.25, 0.3) is 22.6 Å². The van der Waals surface area contributed by atoms with Gasteiger partial charge in [-0.25, -0.2) is 15.0 Å². The van der Waals surface area contributed by atoms with Crippen LogP contribution in [-0.4, -0.2) is 19.9 Å². The fourth-order valence-corrected chi connectivity index (χ4v) is 1.98. The predicted octanol–water partition coefficient (Wildman–Crippen LogP) is 2.22. The van der Waals surface area contributed by atoms with Gasteiger partial charge in [0.05, 0.1) is 0 Å². The van der Waals surface area contributed by atoms with E-state index in [4.69, 9.17) is 5.73 Å². The number of aryl methyl sites for hydroxylation is 1. The summed E-state index contributed by atoms with van der Waals surface area (Å²) >= 11 is 0. The second kappa shape index (κ2) is 3.80. The molecular formula is C13H13N5. The monoisotopic (exact) mass is 239 g/mol. The molecule has 0 saturated carbocycles. The summed E-state index contributed by atoms with van der Waals surface area (Å²) in [5, 5.41) is 0. The van der Waals surface area contributed by atoms with E-state index in [1.54, 1.807) is 0 Å². The molecule has 0 radical (unpaired) electrons. The van der Waals surface area contributed by atoms with Gasteiger partial charge in [0.25, 0.3) is 0 Å². The van der Waals surface area contributed by atoms with Crippen LogP contribution in [0.2, 0.25) is 0 Å². The van der Waals surface area contributed by atoms with Crippen LogP contribution in [0, 0.1) is 13.8 Å². The molecule has 5 heteroatoms. The maximum Gasteiger partial charge on any atom is 0.183 e. The Bertz CT molecular complexity index is 729. The predicted molar refractivity (Wildman–Crippen MR) is 71.0 cm³/mol. The van der Waals surface area contributed by atoms with Gasteiger partial charge in [0.1, 0.15) is 17.7 Å². The number of nitrogens with zero attached hydrogens (tertiary/aromatic N) is 3. The highest BCUT2D eigenvalue weighted by Gasteiger charge is 2.11. The standard InChI is InChI=1S/C13H13N5/c1-7-4-3-5-9(8(7)2)12-17-10-11(14)15-6-16-13(10)18-12/h3-6H,1-2H3,(H3,14,15,16,17,18). The van der Waals surface area contributed by atoms with Gasteiger partial charge in [-0.1, -0.05) is 18.2 Å². The Hall–Kier alpha value is -2.43. The van der Waals surface area contributed by atoms with Crippen molar-refractivity contribution in [2.75, 3.05) is 5.73 Å². The highest BCUT2D eigenvalue weighted by molar-refractivity contribution is 5.84. The van der Waals surface area contributed by atoms with Gasteiger partial charge in [-0.05, 0) is 25.0 Å². The van der Waals surface area contributed by atoms with E-state index in [0.717, 1.165) is 11.4 Å². The van der Waals surface area contributed by atoms with Crippen LogP contribution in [0.5, 0.6) is 0 Å². The molecule has 0 atom stereocenters. The molecule has 0 bridgehead atoms. The van der Waals surface area contributed by atoms with E-state index in [2.05, 4.69) is 39.8 Å². The smallest absolute Gasteiger partial charge is 0.183 e. The Morgan fingerprint density at radius 2 is 2.00 bits per heavy atom. The summed E-state index contributed by atoms with van der Waals surface area (Å²) in [4.78, 5) is 15.7. The first-order valence-electron chi connectivity index (χ1n) is 5.69. The highest BCUT2D eigenvalue weighted by Crippen LogP contribution is 2.25. The number of fused-ring (bicyclic) bond motifs is 1. The second-order valence-corrected chi connectivity index (χ2v) is 4.29. The molecule has 0 amide bonds. The lowest BCUT2D eigenvalue weighted by Crippen LogP contribution is -1.91. The maximum atomic E-state index is 5.79. The van der Waals surface area contributed by atoms with E-state index in [-0.39, 0.29) is 0 Å². The van der Waals surface area contributed by atoms with E-state index >= 15 is 0 Å². The summed E-state index contributed by atoms with van der Waals surface area (Å²) in [5.41, 5.74) is 10.6. The number of anilines is 1. The van der Waals surface area contributed by atoms with Gasteiger partial charge >= 0.3 is 0 Å². The fourth-order valence-electron chi connectivity index (χ4n) is 1.98. The zero-order chi connectivity index (χ0) is 12.7. The third kappa shape index (κ3) is 1.52. The third-order valence-electron chi connectivity index (χ3n) is 3.18. The summed E-state index contributed by atoms with van der Waals surface area (Å²) in [7, 11) is 0. The van der Waals surface area contributed by atoms with Crippen LogP contribution in [-0.2, 0) is 0 Å². The van der Waals surface area contributed by atoms with Crippen molar-refractivity contribution in [3.05, 3.63) is 35.7 Å². The molecule has 0 unspecified atom stereocenters. The van der Waals surface area contributed by atoms with Crippen molar-refractivity contribution in [2.45, 2.75) is 13.8 Å². The maximum absolute atomic E-state index is 5.79. The SMILES string of the molecule is Cc1cccc(-c2nc3ncnc(N)c3[nH]2)c1C. The average molecular weight is 239 g/mol. The highest BCUT2D eigenvalue weighted by atomic mass is 15.0. The zero-order valence-corrected chi connectivity index (χ0v) is 10.2. The van der Waals surface area contributed by atoms with Gasteiger partial charge in [-0.15, -0.1) is 0 Å². The van der Waals surface area contributed by atoms with Crippen LogP contribution in [0.4, 0.5) is 5.82 Å². The largest absolute Gasteiger partial charge is 0.382 e. The second-order valence-electron chi connectivity index (χ2n) is 4.29. The molecule has 0 aliphatic carbocycles. The Kier molecular flexibility index (Phi) is 2.26. The number of imidazole rings is 1. The van der Waals surface area contributed by atoms with E-state index in [0.29, 0.717) is 17.0 Å². The van der Waals surface area contributed by atoms with Crippen molar-refractivity contribution >= 4 is 17.0 Å². The van der Waals surface area contributed by atoms with Crippen molar-refractivity contribution in [1.29, 1.82) is 0 Å². The number of nitrogens with two attached hydrogens (primary N) is 1. The lowest BCUT2D eigenvalue weighted by molar-refractivity contribution is 1.21. The number of hydrogen-bond acceptors (Lipinski definition) is 4. The fraction of sp³-hybridized carbons (Fsp3) is 0.154. The molecule has 0 aliphatic rings. The summed E-state index contributed by atoms with van der Waals surface area (Å²) < 4.78 is 0. The zero-order valence-electron chi connectivity index (χ0n) is 10.2. The lowest BCUT2D eigenvalue weighted by atomic mass is 10.0. The molecule has 3 N–H and O–H groups in total. The van der Waals surface area contributed by atoms with E-state index < -0.39 is 0 Å². The van der Waals surface area contributed by atoms with Gasteiger partial charge in [0.15, 0.2) is 11.5 Å². The molecule has 18 heavy (non-hydrogen) atoms.